The van der Waals surface area contributed by atoms with Crippen molar-refractivity contribution in [2.45, 2.75) is 0 Å². The summed E-state index contributed by atoms with van der Waals surface area (Å²) in [6, 6.07) is 3.28. The Kier molecular flexibility index (Phi) is 3.35. The van der Waals surface area contributed by atoms with Gasteiger partial charge in [-0.25, -0.2) is 8.78 Å². The second-order valence-electron chi connectivity index (χ2n) is 2.95. The van der Waals surface area contributed by atoms with Gasteiger partial charge in [-0.2, -0.15) is 0 Å². The standard InChI is InChI=1S/C9H10F2N2S/c1-13(2)9(14)12-8-4-3-6(10)5-7(8)11/h3-5H,1-2H3,(H,12,14). The number of hydrogen-bond acceptors (Lipinski definition) is 1. The highest BCUT2D eigenvalue weighted by atomic mass is 32.1. The molecule has 0 atom stereocenters. The van der Waals surface area contributed by atoms with Gasteiger partial charge < -0.3 is 10.2 Å². The first kappa shape index (κ1) is 10.8. The van der Waals surface area contributed by atoms with Crippen LogP contribution in [-0.2, 0) is 0 Å². The molecule has 5 heteroatoms. The molecule has 2 nitrogen and oxygen atoms in total. The molecular weight excluding hydrogens is 206 g/mol. The van der Waals surface area contributed by atoms with E-state index >= 15 is 0 Å². The maximum Gasteiger partial charge on any atom is 0.172 e. The molecule has 0 unspecified atom stereocenters. The van der Waals surface area contributed by atoms with Crippen LogP contribution >= 0.6 is 12.2 Å². The minimum atomic E-state index is -0.658. The summed E-state index contributed by atoms with van der Waals surface area (Å²) in [4.78, 5) is 1.62. The van der Waals surface area contributed by atoms with Crippen molar-refractivity contribution < 1.29 is 8.78 Å². The number of thiocarbonyl (C=S) groups is 1. The van der Waals surface area contributed by atoms with Crippen molar-refractivity contribution in [1.29, 1.82) is 0 Å². The van der Waals surface area contributed by atoms with Crippen LogP contribution < -0.4 is 5.32 Å². The van der Waals surface area contributed by atoms with Crippen LogP contribution in [0.3, 0.4) is 0 Å². The number of hydrogen-bond donors (Lipinski definition) is 1. The highest BCUT2D eigenvalue weighted by molar-refractivity contribution is 7.80. The van der Waals surface area contributed by atoms with Crippen LogP contribution in [0.2, 0.25) is 0 Å². The molecule has 1 aromatic rings. The Morgan fingerprint density at radius 3 is 2.50 bits per heavy atom. The molecule has 0 amide bonds. The Labute approximate surface area is 86.5 Å². The molecule has 0 radical (unpaired) electrons. The lowest BCUT2D eigenvalue weighted by Crippen LogP contribution is -2.27. The first-order valence-corrected chi connectivity index (χ1v) is 4.35. The average molecular weight is 216 g/mol. The van der Waals surface area contributed by atoms with Gasteiger partial charge in [-0.3, -0.25) is 0 Å². The smallest absolute Gasteiger partial charge is 0.172 e. The molecule has 0 aliphatic rings. The third-order valence-electron chi connectivity index (χ3n) is 1.58. The van der Waals surface area contributed by atoms with Crippen LogP contribution in [0, 0.1) is 11.6 Å². The van der Waals surface area contributed by atoms with E-state index in [2.05, 4.69) is 5.32 Å². The predicted octanol–water partition coefficient (Wildman–Crippen LogP) is 2.22. The van der Waals surface area contributed by atoms with Crippen molar-refractivity contribution >= 4 is 23.0 Å². The van der Waals surface area contributed by atoms with E-state index in [0.29, 0.717) is 5.11 Å². The molecule has 0 heterocycles. The van der Waals surface area contributed by atoms with Crippen molar-refractivity contribution in [3.05, 3.63) is 29.8 Å². The fourth-order valence-corrected chi connectivity index (χ4v) is 0.928. The maximum absolute atomic E-state index is 13.1. The fourth-order valence-electron chi connectivity index (χ4n) is 0.818. The van der Waals surface area contributed by atoms with Crippen LogP contribution in [0.15, 0.2) is 18.2 Å². The molecule has 1 rings (SSSR count). The van der Waals surface area contributed by atoms with Crippen molar-refractivity contribution in [3.8, 4) is 0 Å². The van der Waals surface area contributed by atoms with Gasteiger partial charge in [0.2, 0.25) is 0 Å². The van der Waals surface area contributed by atoms with Gasteiger partial charge in [0.25, 0.3) is 0 Å². The lowest BCUT2D eigenvalue weighted by molar-refractivity contribution is 0.585. The molecule has 0 aliphatic carbocycles. The minimum absolute atomic E-state index is 0.171. The zero-order valence-corrected chi connectivity index (χ0v) is 8.66. The second kappa shape index (κ2) is 4.32. The zero-order chi connectivity index (χ0) is 10.7. The van der Waals surface area contributed by atoms with E-state index < -0.39 is 11.6 Å². The summed E-state index contributed by atoms with van der Waals surface area (Å²) in [7, 11) is 3.47. The fraction of sp³-hybridized carbons (Fsp3) is 0.222. The van der Waals surface area contributed by atoms with Crippen LogP contribution in [0.1, 0.15) is 0 Å². The van der Waals surface area contributed by atoms with E-state index in [-0.39, 0.29) is 5.69 Å². The van der Waals surface area contributed by atoms with Crippen LogP contribution in [0.25, 0.3) is 0 Å². The Bertz CT molecular complexity index is 353. The van der Waals surface area contributed by atoms with Gasteiger partial charge in [-0.1, -0.05) is 0 Å². The third-order valence-corrected chi connectivity index (χ3v) is 2.05. The topological polar surface area (TPSA) is 15.3 Å². The van der Waals surface area contributed by atoms with E-state index in [0.717, 1.165) is 6.07 Å². The van der Waals surface area contributed by atoms with Gasteiger partial charge in [0.05, 0.1) is 5.69 Å². The molecule has 14 heavy (non-hydrogen) atoms. The van der Waals surface area contributed by atoms with E-state index in [1.807, 2.05) is 0 Å². The van der Waals surface area contributed by atoms with Gasteiger partial charge >= 0.3 is 0 Å². The molecule has 1 N–H and O–H groups in total. The molecule has 0 spiro atoms. The SMILES string of the molecule is CN(C)C(=S)Nc1ccc(F)cc1F. The molecular formula is C9H10F2N2S. The van der Waals surface area contributed by atoms with E-state index in [9.17, 15) is 8.78 Å². The van der Waals surface area contributed by atoms with Crippen LogP contribution in [0.4, 0.5) is 14.5 Å². The maximum atomic E-state index is 13.1. The molecule has 1 aromatic carbocycles. The summed E-state index contributed by atoms with van der Waals surface area (Å²) >= 11 is 4.91. The van der Waals surface area contributed by atoms with Gasteiger partial charge in [0, 0.05) is 20.2 Å². The molecule has 76 valence electrons. The normalized spacial score (nSPS) is 9.71. The highest BCUT2D eigenvalue weighted by Crippen LogP contribution is 2.14. The molecule has 0 saturated heterocycles. The number of benzene rings is 1. The quantitative estimate of drug-likeness (QED) is 0.725. The van der Waals surface area contributed by atoms with Crippen molar-refractivity contribution in [3.63, 3.8) is 0 Å². The average Bonchev–Trinajstić information content (AvgIpc) is 2.09. The third kappa shape index (κ3) is 2.63. The highest BCUT2D eigenvalue weighted by Gasteiger charge is 2.05. The first-order valence-electron chi connectivity index (χ1n) is 3.94. The van der Waals surface area contributed by atoms with Crippen LogP contribution in [0.5, 0.6) is 0 Å². The Morgan fingerprint density at radius 1 is 1.36 bits per heavy atom. The molecule has 0 saturated carbocycles. The van der Waals surface area contributed by atoms with Crippen molar-refractivity contribution in [1.82, 2.24) is 4.90 Å². The number of anilines is 1. The summed E-state index contributed by atoms with van der Waals surface area (Å²) < 4.78 is 25.6. The molecule has 0 aromatic heterocycles. The lowest BCUT2D eigenvalue weighted by atomic mass is 10.3. The molecule has 0 fully saturated rings. The number of halogens is 2. The first-order chi connectivity index (χ1) is 6.50. The number of nitrogens with one attached hydrogen (secondary N) is 1. The summed E-state index contributed by atoms with van der Waals surface area (Å²) in [5.74, 6) is -1.27. The number of rotatable bonds is 1. The minimum Gasteiger partial charge on any atom is -0.355 e. The van der Waals surface area contributed by atoms with Gasteiger partial charge in [-0.05, 0) is 24.4 Å². The van der Waals surface area contributed by atoms with E-state index in [1.165, 1.54) is 12.1 Å². The Morgan fingerprint density at radius 2 is 2.00 bits per heavy atom. The summed E-state index contributed by atoms with van der Waals surface area (Å²) in [6.07, 6.45) is 0. The van der Waals surface area contributed by atoms with E-state index in [1.54, 1.807) is 19.0 Å². The Balaban J connectivity index is 2.82. The zero-order valence-electron chi connectivity index (χ0n) is 7.84. The number of nitrogens with zero attached hydrogens (tertiary/aromatic N) is 1. The largest absolute Gasteiger partial charge is 0.355 e. The molecule has 0 aliphatic heterocycles. The monoisotopic (exact) mass is 216 g/mol. The second-order valence-corrected chi connectivity index (χ2v) is 3.34. The lowest BCUT2D eigenvalue weighted by Gasteiger charge is -2.15. The summed E-state index contributed by atoms with van der Waals surface area (Å²) in [5.41, 5.74) is 0.171. The molecule has 0 bridgehead atoms. The van der Waals surface area contributed by atoms with Crippen molar-refractivity contribution in [2.24, 2.45) is 0 Å². The predicted molar refractivity (Wildman–Crippen MR) is 56.3 cm³/mol. The summed E-state index contributed by atoms with van der Waals surface area (Å²) in [5, 5.41) is 3.02. The van der Waals surface area contributed by atoms with Crippen LogP contribution in [-0.4, -0.2) is 24.1 Å². The summed E-state index contributed by atoms with van der Waals surface area (Å²) in [6.45, 7) is 0. The Hall–Kier alpha value is -1.23. The van der Waals surface area contributed by atoms with Gasteiger partial charge in [0.15, 0.2) is 5.11 Å². The van der Waals surface area contributed by atoms with Gasteiger partial charge in [0.1, 0.15) is 11.6 Å². The van der Waals surface area contributed by atoms with Gasteiger partial charge in [-0.15, -0.1) is 0 Å². The van der Waals surface area contributed by atoms with E-state index in [4.69, 9.17) is 12.2 Å². The van der Waals surface area contributed by atoms with Crippen molar-refractivity contribution in [2.75, 3.05) is 19.4 Å².